The molecule has 1 heterocycles. The third-order valence-electron chi connectivity index (χ3n) is 3.46. The molecular formula is C14H19FN2O4S. The van der Waals surface area contributed by atoms with Crippen LogP contribution in [0, 0.1) is 5.82 Å². The maximum absolute atomic E-state index is 14.0. The van der Waals surface area contributed by atoms with Crippen LogP contribution in [-0.4, -0.2) is 57.3 Å². The Morgan fingerprint density at radius 2 is 1.95 bits per heavy atom. The summed E-state index contributed by atoms with van der Waals surface area (Å²) in [7, 11) is -0.534. The number of carbonyl (C=O) groups excluding carboxylic acids is 1. The Balaban J connectivity index is 2.14. The number of nitrogens with zero attached hydrogens (tertiary/aromatic N) is 2. The highest BCUT2D eigenvalue weighted by molar-refractivity contribution is 7.89. The zero-order valence-corrected chi connectivity index (χ0v) is 13.4. The fourth-order valence-electron chi connectivity index (χ4n) is 2.11. The molecule has 0 saturated carbocycles. The summed E-state index contributed by atoms with van der Waals surface area (Å²) >= 11 is 0. The Morgan fingerprint density at radius 3 is 2.50 bits per heavy atom. The number of halogens is 1. The van der Waals surface area contributed by atoms with Gasteiger partial charge >= 0.3 is 0 Å². The second-order valence-electron chi connectivity index (χ2n) is 5.28. The third kappa shape index (κ3) is 3.56. The van der Waals surface area contributed by atoms with Gasteiger partial charge in [-0.3, -0.25) is 4.79 Å². The standard InChI is InChI=1S/C14H19FN2O4S/c1-16(2)14(18)10-21-13-6-5-11(9-12(13)15)22(19,20)17-7-3-4-8-17/h5-6,9H,3-4,7-8,10H2,1-2H3. The van der Waals surface area contributed by atoms with Gasteiger partial charge in [-0.25, -0.2) is 12.8 Å². The highest BCUT2D eigenvalue weighted by Crippen LogP contribution is 2.25. The number of sulfonamides is 1. The van der Waals surface area contributed by atoms with Crippen LogP contribution < -0.4 is 4.74 Å². The molecule has 22 heavy (non-hydrogen) atoms. The molecule has 8 heteroatoms. The summed E-state index contributed by atoms with van der Waals surface area (Å²) < 4.78 is 45.0. The van der Waals surface area contributed by atoms with Gasteiger partial charge in [0.2, 0.25) is 10.0 Å². The Morgan fingerprint density at radius 1 is 1.32 bits per heavy atom. The molecule has 1 fully saturated rings. The van der Waals surface area contributed by atoms with Gasteiger partial charge in [0.05, 0.1) is 4.90 Å². The van der Waals surface area contributed by atoms with Crippen molar-refractivity contribution in [1.82, 2.24) is 9.21 Å². The van der Waals surface area contributed by atoms with Gasteiger partial charge < -0.3 is 9.64 Å². The first-order valence-corrected chi connectivity index (χ1v) is 8.39. The normalized spacial score (nSPS) is 15.8. The van der Waals surface area contributed by atoms with Crippen molar-refractivity contribution in [3.63, 3.8) is 0 Å². The Hall–Kier alpha value is -1.67. The van der Waals surface area contributed by atoms with Crippen LogP contribution in [0.4, 0.5) is 4.39 Å². The quantitative estimate of drug-likeness (QED) is 0.810. The second kappa shape index (κ2) is 6.62. The highest BCUT2D eigenvalue weighted by atomic mass is 32.2. The largest absolute Gasteiger partial charge is 0.481 e. The number of ether oxygens (including phenoxy) is 1. The Labute approximate surface area is 129 Å². The van der Waals surface area contributed by atoms with E-state index in [4.69, 9.17) is 4.74 Å². The first kappa shape index (κ1) is 16.7. The van der Waals surface area contributed by atoms with E-state index in [0.717, 1.165) is 18.9 Å². The van der Waals surface area contributed by atoms with Crippen molar-refractivity contribution in [1.29, 1.82) is 0 Å². The van der Waals surface area contributed by atoms with Gasteiger partial charge in [0.25, 0.3) is 5.91 Å². The van der Waals surface area contributed by atoms with Gasteiger partial charge in [-0.2, -0.15) is 4.31 Å². The van der Waals surface area contributed by atoms with E-state index in [0.29, 0.717) is 13.1 Å². The molecule has 0 aliphatic carbocycles. The minimum atomic E-state index is -3.66. The van der Waals surface area contributed by atoms with E-state index >= 15 is 0 Å². The molecule has 1 amide bonds. The van der Waals surface area contributed by atoms with Crippen molar-refractivity contribution in [2.75, 3.05) is 33.8 Å². The number of hydrogen-bond donors (Lipinski definition) is 0. The number of carbonyl (C=O) groups is 1. The number of likely N-dealkylation sites (N-methyl/N-ethyl adjacent to an activating group) is 1. The summed E-state index contributed by atoms with van der Waals surface area (Å²) in [5, 5.41) is 0. The number of benzene rings is 1. The minimum absolute atomic E-state index is 0.0989. The van der Waals surface area contributed by atoms with Crippen molar-refractivity contribution < 1.29 is 22.3 Å². The summed E-state index contributed by atoms with van der Waals surface area (Å²) in [5.74, 6) is -1.25. The average Bonchev–Trinajstić information content (AvgIpc) is 3.00. The van der Waals surface area contributed by atoms with Crippen molar-refractivity contribution in [3.05, 3.63) is 24.0 Å². The minimum Gasteiger partial charge on any atom is -0.481 e. The summed E-state index contributed by atoms with van der Waals surface area (Å²) in [6.07, 6.45) is 1.63. The third-order valence-corrected chi connectivity index (χ3v) is 5.35. The van der Waals surface area contributed by atoms with Crippen LogP contribution in [0.1, 0.15) is 12.8 Å². The second-order valence-corrected chi connectivity index (χ2v) is 7.22. The molecule has 6 nitrogen and oxygen atoms in total. The zero-order chi connectivity index (χ0) is 16.3. The summed E-state index contributed by atoms with van der Waals surface area (Å²) in [6, 6.07) is 3.47. The van der Waals surface area contributed by atoms with Crippen LogP contribution in [0.3, 0.4) is 0 Å². The number of rotatable bonds is 5. The van der Waals surface area contributed by atoms with Gasteiger partial charge in [-0.15, -0.1) is 0 Å². The molecule has 1 aromatic carbocycles. The lowest BCUT2D eigenvalue weighted by Gasteiger charge is -2.16. The molecule has 0 radical (unpaired) electrons. The van der Waals surface area contributed by atoms with Gasteiger partial charge in [0.1, 0.15) is 0 Å². The van der Waals surface area contributed by atoms with Gasteiger partial charge in [-0.1, -0.05) is 0 Å². The van der Waals surface area contributed by atoms with E-state index in [-0.39, 0.29) is 23.2 Å². The van der Waals surface area contributed by atoms with Crippen LogP contribution in [0.5, 0.6) is 5.75 Å². The molecule has 0 bridgehead atoms. The van der Waals surface area contributed by atoms with E-state index in [2.05, 4.69) is 0 Å². The lowest BCUT2D eigenvalue weighted by Crippen LogP contribution is -2.28. The first-order valence-electron chi connectivity index (χ1n) is 6.95. The van der Waals surface area contributed by atoms with Crippen LogP contribution in [0.25, 0.3) is 0 Å². The van der Waals surface area contributed by atoms with E-state index in [1.165, 1.54) is 21.3 Å². The maximum atomic E-state index is 14.0. The molecule has 1 aliphatic heterocycles. The monoisotopic (exact) mass is 330 g/mol. The molecule has 1 aromatic rings. The zero-order valence-electron chi connectivity index (χ0n) is 12.6. The van der Waals surface area contributed by atoms with E-state index in [1.807, 2.05) is 0 Å². The predicted molar refractivity (Wildman–Crippen MR) is 78.6 cm³/mol. The summed E-state index contributed by atoms with van der Waals surface area (Å²) in [6.45, 7) is 0.612. The van der Waals surface area contributed by atoms with Crippen molar-refractivity contribution in [3.8, 4) is 5.75 Å². The molecule has 1 saturated heterocycles. The molecule has 0 spiro atoms. The van der Waals surface area contributed by atoms with Gasteiger partial charge in [0.15, 0.2) is 18.2 Å². The van der Waals surface area contributed by atoms with Crippen LogP contribution in [-0.2, 0) is 14.8 Å². The highest BCUT2D eigenvalue weighted by Gasteiger charge is 2.28. The van der Waals surface area contributed by atoms with Crippen molar-refractivity contribution in [2.24, 2.45) is 0 Å². The molecule has 2 rings (SSSR count). The van der Waals surface area contributed by atoms with Crippen LogP contribution >= 0.6 is 0 Å². The number of hydrogen-bond acceptors (Lipinski definition) is 4. The molecule has 0 aromatic heterocycles. The average molecular weight is 330 g/mol. The van der Waals surface area contributed by atoms with E-state index in [9.17, 15) is 17.6 Å². The van der Waals surface area contributed by atoms with Gasteiger partial charge in [-0.05, 0) is 31.0 Å². The van der Waals surface area contributed by atoms with E-state index < -0.39 is 15.8 Å². The van der Waals surface area contributed by atoms with Gasteiger partial charge in [0, 0.05) is 27.2 Å². The van der Waals surface area contributed by atoms with Crippen LogP contribution in [0.2, 0.25) is 0 Å². The molecule has 122 valence electrons. The molecule has 0 atom stereocenters. The Kier molecular flexibility index (Phi) is 5.02. The molecular weight excluding hydrogens is 311 g/mol. The topological polar surface area (TPSA) is 66.9 Å². The van der Waals surface area contributed by atoms with E-state index in [1.54, 1.807) is 14.1 Å². The molecule has 1 aliphatic rings. The van der Waals surface area contributed by atoms with Crippen LogP contribution in [0.15, 0.2) is 23.1 Å². The number of amides is 1. The fourth-order valence-corrected chi connectivity index (χ4v) is 3.63. The lowest BCUT2D eigenvalue weighted by atomic mass is 10.3. The smallest absolute Gasteiger partial charge is 0.259 e. The predicted octanol–water partition coefficient (Wildman–Crippen LogP) is 1.08. The molecule has 0 unspecified atom stereocenters. The summed E-state index contributed by atoms with van der Waals surface area (Å²) in [4.78, 5) is 12.6. The Bertz CT molecular complexity index is 655. The lowest BCUT2D eigenvalue weighted by molar-refractivity contribution is -0.130. The maximum Gasteiger partial charge on any atom is 0.259 e. The summed E-state index contributed by atoms with van der Waals surface area (Å²) in [5.41, 5.74) is 0. The van der Waals surface area contributed by atoms with Crippen molar-refractivity contribution in [2.45, 2.75) is 17.7 Å². The van der Waals surface area contributed by atoms with Crippen molar-refractivity contribution >= 4 is 15.9 Å². The molecule has 0 N–H and O–H groups in total. The fraction of sp³-hybridized carbons (Fsp3) is 0.500. The first-order chi connectivity index (χ1) is 10.3. The SMILES string of the molecule is CN(C)C(=O)COc1ccc(S(=O)(=O)N2CCCC2)cc1F.